The Hall–Kier alpha value is -1.38. The van der Waals surface area contributed by atoms with Gasteiger partial charge in [0.25, 0.3) is 0 Å². The Morgan fingerprint density at radius 3 is 2.81 bits per heavy atom. The first kappa shape index (κ1) is 12.7. The molecule has 0 saturated carbocycles. The highest BCUT2D eigenvalue weighted by Gasteiger charge is 2.15. The molecule has 5 heteroatoms. The largest absolute Gasteiger partial charge is 0.462 e. The Morgan fingerprint density at radius 1 is 1.62 bits per heavy atom. The van der Waals surface area contributed by atoms with E-state index in [4.69, 9.17) is 15.7 Å². The molecule has 0 unspecified atom stereocenters. The topological polar surface area (TPSA) is 76.1 Å². The SMILES string of the molecule is CCOC(=O)c1cc(C#N)cc(Br)c1CN. The molecule has 0 heterocycles. The van der Waals surface area contributed by atoms with Crippen molar-refractivity contribution >= 4 is 21.9 Å². The van der Waals surface area contributed by atoms with Crippen molar-refractivity contribution in [3.05, 3.63) is 33.3 Å². The predicted octanol–water partition coefficient (Wildman–Crippen LogP) is 1.96. The zero-order valence-corrected chi connectivity index (χ0v) is 10.4. The van der Waals surface area contributed by atoms with Gasteiger partial charge in [-0.05, 0) is 24.6 Å². The third kappa shape index (κ3) is 2.60. The van der Waals surface area contributed by atoms with Crippen molar-refractivity contribution in [1.82, 2.24) is 0 Å². The predicted molar refractivity (Wildman–Crippen MR) is 62.7 cm³/mol. The van der Waals surface area contributed by atoms with Gasteiger partial charge in [0, 0.05) is 11.0 Å². The van der Waals surface area contributed by atoms with E-state index in [0.29, 0.717) is 21.2 Å². The van der Waals surface area contributed by atoms with E-state index in [9.17, 15) is 4.79 Å². The lowest BCUT2D eigenvalue weighted by atomic mass is 10.0. The lowest BCUT2D eigenvalue weighted by Gasteiger charge is -2.09. The third-order valence-electron chi connectivity index (χ3n) is 2.02. The van der Waals surface area contributed by atoms with E-state index >= 15 is 0 Å². The van der Waals surface area contributed by atoms with E-state index in [0.717, 1.165) is 0 Å². The lowest BCUT2D eigenvalue weighted by Crippen LogP contribution is -2.12. The first-order valence-electron chi connectivity index (χ1n) is 4.73. The number of nitrogens with two attached hydrogens (primary N) is 1. The maximum absolute atomic E-state index is 11.6. The average Bonchev–Trinajstić information content (AvgIpc) is 2.28. The molecular weight excluding hydrogens is 272 g/mol. The summed E-state index contributed by atoms with van der Waals surface area (Å²) >= 11 is 3.28. The number of carbonyl (C=O) groups is 1. The second kappa shape index (κ2) is 5.64. The van der Waals surface area contributed by atoms with Crippen molar-refractivity contribution in [3.8, 4) is 6.07 Å². The van der Waals surface area contributed by atoms with Crippen LogP contribution >= 0.6 is 15.9 Å². The normalized spacial score (nSPS) is 9.62. The molecule has 16 heavy (non-hydrogen) atoms. The molecule has 0 amide bonds. The summed E-state index contributed by atoms with van der Waals surface area (Å²) in [6.07, 6.45) is 0. The maximum Gasteiger partial charge on any atom is 0.338 e. The molecule has 0 spiro atoms. The van der Waals surface area contributed by atoms with Crippen LogP contribution in [0.2, 0.25) is 0 Å². The third-order valence-corrected chi connectivity index (χ3v) is 2.73. The Balaban J connectivity index is 3.29. The summed E-state index contributed by atoms with van der Waals surface area (Å²) in [6.45, 7) is 2.22. The van der Waals surface area contributed by atoms with E-state index in [2.05, 4.69) is 15.9 Å². The van der Waals surface area contributed by atoms with Gasteiger partial charge in [0.15, 0.2) is 0 Å². The Kier molecular flexibility index (Phi) is 4.47. The summed E-state index contributed by atoms with van der Waals surface area (Å²) in [6, 6.07) is 5.10. The van der Waals surface area contributed by atoms with Crippen molar-refractivity contribution in [2.24, 2.45) is 5.73 Å². The van der Waals surface area contributed by atoms with E-state index in [-0.39, 0.29) is 13.2 Å². The van der Waals surface area contributed by atoms with Crippen LogP contribution in [-0.4, -0.2) is 12.6 Å². The van der Waals surface area contributed by atoms with Crippen LogP contribution in [0.5, 0.6) is 0 Å². The minimum absolute atomic E-state index is 0.209. The van der Waals surface area contributed by atoms with Crippen molar-refractivity contribution in [2.75, 3.05) is 6.61 Å². The van der Waals surface area contributed by atoms with Crippen LogP contribution in [-0.2, 0) is 11.3 Å². The number of nitriles is 1. The molecule has 1 aromatic carbocycles. The van der Waals surface area contributed by atoms with Gasteiger partial charge in [-0.2, -0.15) is 5.26 Å². The standard InChI is InChI=1S/C11H11BrN2O2/c1-2-16-11(15)8-3-7(5-13)4-10(12)9(8)6-14/h3-4H,2,6,14H2,1H3. The quantitative estimate of drug-likeness (QED) is 0.860. The molecule has 0 fully saturated rings. The van der Waals surface area contributed by atoms with Crippen molar-refractivity contribution in [1.29, 1.82) is 5.26 Å². The van der Waals surface area contributed by atoms with E-state index < -0.39 is 5.97 Å². The highest BCUT2D eigenvalue weighted by molar-refractivity contribution is 9.10. The highest BCUT2D eigenvalue weighted by Crippen LogP contribution is 2.23. The molecule has 0 aliphatic heterocycles. The van der Waals surface area contributed by atoms with Crippen molar-refractivity contribution in [2.45, 2.75) is 13.5 Å². The van der Waals surface area contributed by atoms with Gasteiger partial charge in [0.2, 0.25) is 0 Å². The first-order chi connectivity index (χ1) is 7.63. The number of benzene rings is 1. The maximum atomic E-state index is 11.6. The summed E-state index contributed by atoms with van der Waals surface area (Å²) in [5.74, 6) is -0.458. The van der Waals surface area contributed by atoms with Crippen molar-refractivity contribution < 1.29 is 9.53 Å². The minimum Gasteiger partial charge on any atom is -0.462 e. The molecule has 0 radical (unpaired) electrons. The second-order valence-corrected chi connectivity index (χ2v) is 3.87. The van der Waals surface area contributed by atoms with Crippen LogP contribution in [0.3, 0.4) is 0 Å². The Bertz CT molecular complexity index is 452. The molecule has 0 atom stereocenters. The smallest absolute Gasteiger partial charge is 0.338 e. The summed E-state index contributed by atoms with van der Waals surface area (Å²) in [7, 11) is 0. The second-order valence-electron chi connectivity index (χ2n) is 3.02. The van der Waals surface area contributed by atoms with Crippen LogP contribution in [0.25, 0.3) is 0 Å². The summed E-state index contributed by atoms with van der Waals surface area (Å²) in [5, 5.41) is 8.81. The van der Waals surface area contributed by atoms with Gasteiger partial charge in [-0.1, -0.05) is 15.9 Å². The molecule has 0 saturated heterocycles. The fraction of sp³-hybridized carbons (Fsp3) is 0.273. The Labute approximate surface area is 102 Å². The first-order valence-corrected chi connectivity index (χ1v) is 5.53. The fourth-order valence-corrected chi connectivity index (χ4v) is 1.92. The van der Waals surface area contributed by atoms with Gasteiger partial charge in [-0.15, -0.1) is 0 Å². The number of ether oxygens (including phenoxy) is 1. The van der Waals surface area contributed by atoms with Crippen molar-refractivity contribution in [3.63, 3.8) is 0 Å². The lowest BCUT2D eigenvalue weighted by molar-refractivity contribution is 0.0525. The molecule has 0 bridgehead atoms. The number of halogens is 1. The zero-order chi connectivity index (χ0) is 12.1. The molecule has 84 valence electrons. The van der Waals surface area contributed by atoms with Gasteiger partial charge >= 0.3 is 5.97 Å². The van der Waals surface area contributed by atoms with Crippen LogP contribution in [0.15, 0.2) is 16.6 Å². The molecule has 0 aromatic heterocycles. The molecule has 2 N–H and O–H groups in total. The van der Waals surface area contributed by atoms with Gasteiger partial charge in [0.05, 0.1) is 23.8 Å². The van der Waals surface area contributed by atoms with Gasteiger partial charge in [-0.25, -0.2) is 4.79 Å². The molecule has 4 nitrogen and oxygen atoms in total. The van der Waals surface area contributed by atoms with Gasteiger partial charge in [-0.3, -0.25) is 0 Å². The van der Waals surface area contributed by atoms with Crippen LogP contribution < -0.4 is 5.73 Å². The van der Waals surface area contributed by atoms with Gasteiger partial charge in [0.1, 0.15) is 0 Å². The molecule has 1 rings (SSSR count). The number of esters is 1. The minimum atomic E-state index is -0.458. The van der Waals surface area contributed by atoms with Crippen LogP contribution in [0.4, 0.5) is 0 Å². The molecular formula is C11H11BrN2O2. The summed E-state index contributed by atoms with van der Waals surface area (Å²) in [5.41, 5.74) is 6.95. The van der Waals surface area contributed by atoms with Crippen LogP contribution in [0, 0.1) is 11.3 Å². The van der Waals surface area contributed by atoms with Gasteiger partial charge < -0.3 is 10.5 Å². The molecule has 0 aliphatic rings. The van der Waals surface area contributed by atoms with E-state index in [1.807, 2.05) is 6.07 Å². The molecule has 0 aliphatic carbocycles. The summed E-state index contributed by atoms with van der Waals surface area (Å²) in [4.78, 5) is 11.6. The number of hydrogen-bond acceptors (Lipinski definition) is 4. The molecule has 1 aromatic rings. The monoisotopic (exact) mass is 282 g/mol. The number of carbonyl (C=O) groups excluding carboxylic acids is 1. The average molecular weight is 283 g/mol. The van der Waals surface area contributed by atoms with E-state index in [1.165, 1.54) is 6.07 Å². The fourth-order valence-electron chi connectivity index (χ4n) is 1.30. The Morgan fingerprint density at radius 2 is 2.31 bits per heavy atom. The van der Waals surface area contributed by atoms with Crippen LogP contribution in [0.1, 0.15) is 28.4 Å². The number of hydrogen-bond donors (Lipinski definition) is 1. The highest BCUT2D eigenvalue weighted by atomic mass is 79.9. The summed E-state index contributed by atoms with van der Waals surface area (Å²) < 4.78 is 5.55. The number of nitrogens with zero attached hydrogens (tertiary/aromatic N) is 1. The number of rotatable bonds is 3. The van der Waals surface area contributed by atoms with E-state index in [1.54, 1.807) is 13.0 Å². The zero-order valence-electron chi connectivity index (χ0n) is 8.79.